The number of anilines is 1. The molecule has 0 spiro atoms. The van der Waals surface area contributed by atoms with Crippen LogP contribution in [0.25, 0.3) is 0 Å². The Balaban J connectivity index is 1.80. The molecule has 0 saturated carbocycles. The van der Waals surface area contributed by atoms with Crippen molar-refractivity contribution >= 4 is 17.5 Å². The summed E-state index contributed by atoms with van der Waals surface area (Å²) in [6.07, 6.45) is 0. The highest BCUT2D eigenvalue weighted by Gasteiger charge is 2.22. The standard InChI is InChI=1S/C22H20N2O3/c1-15-12-13-19(25)18(14-15)23-21(26)22(27)24-20(16-8-4-2-5-9-16)17-10-6-3-7-11-17/h2-14,20,25H,1H3,(H,23,26)(H,24,27). The first kappa shape index (κ1) is 18.2. The molecule has 3 rings (SSSR count). The van der Waals surface area contributed by atoms with Crippen LogP contribution in [0.2, 0.25) is 0 Å². The summed E-state index contributed by atoms with van der Waals surface area (Å²) in [5.74, 6) is -1.72. The molecule has 0 radical (unpaired) electrons. The van der Waals surface area contributed by atoms with E-state index in [4.69, 9.17) is 0 Å². The van der Waals surface area contributed by atoms with Crippen LogP contribution < -0.4 is 10.6 Å². The molecule has 2 amide bonds. The van der Waals surface area contributed by atoms with E-state index in [0.717, 1.165) is 16.7 Å². The molecule has 3 aromatic carbocycles. The Bertz CT molecular complexity index is 901. The summed E-state index contributed by atoms with van der Waals surface area (Å²) in [5, 5.41) is 15.1. The van der Waals surface area contributed by atoms with Gasteiger partial charge in [0.1, 0.15) is 5.75 Å². The molecule has 136 valence electrons. The van der Waals surface area contributed by atoms with Gasteiger partial charge in [0.25, 0.3) is 0 Å². The van der Waals surface area contributed by atoms with Crippen LogP contribution in [0.5, 0.6) is 5.75 Å². The van der Waals surface area contributed by atoms with E-state index < -0.39 is 17.9 Å². The minimum Gasteiger partial charge on any atom is -0.506 e. The molecule has 5 heteroatoms. The van der Waals surface area contributed by atoms with E-state index in [1.165, 1.54) is 6.07 Å². The Morgan fingerprint density at radius 1 is 0.815 bits per heavy atom. The Labute approximate surface area is 157 Å². The van der Waals surface area contributed by atoms with E-state index in [-0.39, 0.29) is 11.4 Å². The lowest BCUT2D eigenvalue weighted by Crippen LogP contribution is -2.38. The lowest BCUT2D eigenvalue weighted by molar-refractivity contribution is -0.136. The van der Waals surface area contributed by atoms with E-state index >= 15 is 0 Å². The quantitative estimate of drug-likeness (QED) is 0.492. The topological polar surface area (TPSA) is 78.4 Å². The van der Waals surface area contributed by atoms with Gasteiger partial charge in [0.2, 0.25) is 0 Å². The summed E-state index contributed by atoms with van der Waals surface area (Å²) >= 11 is 0. The van der Waals surface area contributed by atoms with Crippen molar-refractivity contribution < 1.29 is 14.7 Å². The van der Waals surface area contributed by atoms with Crippen LogP contribution in [0.4, 0.5) is 5.69 Å². The number of carbonyl (C=O) groups excluding carboxylic acids is 2. The zero-order chi connectivity index (χ0) is 19.2. The van der Waals surface area contributed by atoms with Crippen molar-refractivity contribution in [1.82, 2.24) is 5.32 Å². The lowest BCUT2D eigenvalue weighted by atomic mass is 9.98. The van der Waals surface area contributed by atoms with E-state index in [1.807, 2.05) is 67.6 Å². The third kappa shape index (κ3) is 4.52. The number of aryl methyl sites for hydroxylation is 1. The summed E-state index contributed by atoms with van der Waals surface area (Å²) in [6, 6.07) is 23.2. The van der Waals surface area contributed by atoms with Gasteiger partial charge in [0, 0.05) is 0 Å². The molecule has 0 aromatic heterocycles. The highest BCUT2D eigenvalue weighted by molar-refractivity contribution is 6.39. The number of benzene rings is 3. The predicted molar refractivity (Wildman–Crippen MR) is 104 cm³/mol. The normalized spacial score (nSPS) is 10.4. The molecule has 3 N–H and O–H groups in total. The van der Waals surface area contributed by atoms with E-state index in [2.05, 4.69) is 10.6 Å². The third-order valence-electron chi connectivity index (χ3n) is 4.15. The van der Waals surface area contributed by atoms with Gasteiger partial charge in [0.05, 0.1) is 11.7 Å². The molecular formula is C22H20N2O3. The molecule has 27 heavy (non-hydrogen) atoms. The second kappa shape index (κ2) is 8.19. The molecule has 0 fully saturated rings. The molecule has 0 unspecified atom stereocenters. The summed E-state index contributed by atoms with van der Waals surface area (Å²) < 4.78 is 0. The number of carbonyl (C=O) groups is 2. The number of hydrogen-bond donors (Lipinski definition) is 3. The molecule has 0 aliphatic heterocycles. The Hall–Kier alpha value is -3.60. The van der Waals surface area contributed by atoms with Gasteiger partial charge in [-0.1, -0.05) is 66.7 Å². The van der Waals surface area contributed by atoms with Crippen molar-refractivity contribution in [3.05, 3.63) is 95.6 Å². The van der Waals surface area contributed by atoms with Gasteiger partial charge < -0.3 is 15.7 Å². The van der Waals surface area contributed by atoms with Crippen molar-refractivity contribution in [3.8, 4) is 5.75 Å². The molecule has 3 aromatic rings. The van der Waals surface area contributed by atoms with Crippen LogP contribution in [0.1, 0.15) is 22.7 Å². The van der Waals surface area contributed by atoms with Crippen LogP contribution in [-0.4, -0.2) is 16.9 Å². The van der Waals surface area contributed by atoms with Gasteiger partial charge in [0.15, 0.2) is 0 Å². The van der Waals surface area contributed by atoms with Crippen molar-refractivity contribution in [2.24, 2.45) is 0 Å². The van der Waals surface area contributed by atoms with Gasteiger partial charge in [-0.15, -0.1) is 0 Å². The van der Waals surface area contributed by atoms with E-state index in [0.29, 0.717) is 0 Å². The molecule has 5 nitrogen and oxygen atoms in total. The summed E-state index contributed by atoms with van der Waals surface area (Å²) in [7, 11) is 0. The van der Waals surface area contributed by atoms with E-state index in [1.54, 1.807) is 12.1 Å². The van der Waals surface area contributed by atoms with Gasteiger partial charge in [-0.05, 0) is 35.7 Å². The van der Waals surface area contributed by atoms with Crippen molar-refractivity contribution in [1.29, 1.82) is 0 Å². The SMILES string of the molecule is Cc1ccc(O)c(NC(=O)C(=O)NC(c2ccccc2)c2ccccc2)c1. The van der Waals surface area contributed by atoms with Crippen LogP contribution >= 0.6 is 0 Å². The fourth-order valence-corrected chi connectivity index (χ4v) is 2.78. The van der Waals surface area contributed by atoms with Crippen molar-refractivity contribution in [2.45, 2.75) is 13.0 Å². The monoisotopic (exact) mass is 360 g/mol. The zero-order valence-corrected chi connectivity index (χ0v) is 14.8. The largest absolute Gasteiger partial charge is 0.506 e. The lowest BCUT2D eigenvalue weighted by Gasteiger charge is -2.19. The third-order valence-corrected chi connectivity index (χ3v) is 4.15. The summed E-state index contributed by atoms with van der Waals surface area (Å²) in [5.41, 5.74) is 2.78. The molecule has 0 atom stereocenters. The first-order valence-corrected chi connectivity index (χ1v) is 8.56. The highest BCUT2D eigenvalue weighted by Crippen LogP contribution is 2.24. The second-order valence-corrected chi connectivity index (χ2v) is 6.20. The molecule has 0 aliphatic carbocycles. The van der Waals surface area contributed by atoms with Crippen LogP contribution in [0.15, 0.2) is 78.9 Å². The number of phenols is 1. The number of phenolic OH excluding ortho intramolecular Hbond substituents is 1. The summed E-state index contributed by atoms with van der Waals surface area (Å²) in [4.78, 5) is 24.8. The smallest absolute Gasteiger partial charge is 0.313 e. The molecule has 0 bridgehead atoms. The van der Waals surface area contributed by atoms with Crippen molar-refractivity contribution in [2.75, 3.05) is 5.32 Å². The minimum atomic E-state index is -0.840. The maximum atomic E-state index is 12.5. The Morgan fingerprint density at radius 2 is 1.37 bits per heavy atom. The van der Waals surface area contributed by atoms with Crippen LogP contribution in [-0.2, 0) is 9.59 Å². The molecule has 0 aliphatic rings. The first-order chi connectivity index (χ1) is 13.0. The Kier molecular flexibility index (Phi) is 5.52. The van der Waals surface area contributed by atoms with Crippen LogP contribution in [0, 0.1) is 6.92 Å². The average molecular weight is 360 g/mol. The highest BCUT2D eigenvalue weighted by atomic mass is 16.3. The maximum absolute atomic E-state index is 12.5. The Morgan fingerprint density at radius 3 is 1.93 bits per heavy atom. The molecular weight excluding hydrogens is 340 g/mol. The van der Waals surface area contributed by atoms with Crippen molar-refractivity contribution in [3.63, 3.8) is 0 Å². The number of hydrogen-bond acceptors (Lipinski definition) is 3. The summed E-state index contributed by atoms with van der Waals surface area (Å²) in [6.45, 7) is 1.83. The number of rotatable bonds is 4. The predicted octanol–water partition coefficient (Wildman–Crippen LogP) is 3.54. The van der Waals surface area contributed by atoms with Gasteiger partial charge in [-0.25, -0.2) is 0 Å². The zero-order valence-electron chi connectivity index (χ0n) is 14.8. The second-order valence-electron chi connectivity index (χ2n) is 6.20. The minimum absolute atomic E-state index is 0.0931. The van der Waals surface area contributed by atoms with Crippen LogP contribution in [0.3, 0.4) is 0 Å². The van der Waals surface area contributed by atoms with E-state index in [9.17, 15) is 14.7 Å². The van der Waals surface area contributed by atoms with Gasteiger partial charge >= 0.3 is 11.8 Å². The fraction of sp³-hybridized carbons (Fsp3) is 0.0909. The number of aromatic hydroxyl groups is 1. The van der Waals surface area contributed by atoms with Gasteiger partial charge in [-0.3, -0.25) is 9.59 Å². The first-order valence-electron chi connectivity index (χ1n) is 8.56. The fourth-order valence-electron chi connectivity index (χ4n) is 2.78. The number of amides is 2. The molecule has 0 saturated heterocycles. The average Bonchev–Trinajstić information content (AvgIpc) is 2.70. The van der Waals surface area contributed by atoms with Gasteiger partial charge in [-0.2, -0.15) is 0 Å². The molecule has 0 heterocycles. The maximum Gasteiger partial charge on any atom is 0.313 e. The number of nitrogens with one attached hydrogen (secondary N) is 2.